The van der Waals surface area contributed by atoms with E-state index in [-0.39, 0.29) is 0 Å². The van der Waals surface area contributed by atoms with Gasteiger partial charge in [-0.15, -0.1) is 0 Å². The van der Waals surface area contributed by atoms with Crippen molar-refractivity contribution in [2.75, 3.05) is 35.2 Å². The van der Waals surface area contributed by atoms with Crippen molar-refractivity contribution in [2.24, 2.45) is 0 Å². The first-order valence-corrected chi connectivity index (χ1v) is 6.60. The number of anilines is 2. The Morgan fingerprint density at radius 2 is 1.94 bits per heavy atom. The summed E-state index contributed by atoms with van der Waals surface area (Å²) >= 11 is 8.25. The van der Waals surface area contributed by atoms with E-state index in [1.165, 1.54) is 0 Å². The summed E-state index contributed by atoms with van der Waals surface area (Å²) in [5, 5.41) is 15.3. The van der Waals surface area contributed by atoms with Gasteiger partial charge in [0.15, 0.2) is 0 Å². The third-order valence-corrected chi connectivity index (χ3v) is 2.60. The number of nitriles is 1. The van der Waals surface area contributed by atoms with E-state index in [0.29, 0.717) is 23.7 Å². The maximum atomic E-state index is 9.08. The third-order valence-electron chi connectivity index (χ3n) is 2.15. The number of aromatic nitrogens is 1. The van der Waals surface area contributed by atoms with Gasteiger partial charge in [0.1, 0.15) is 17.7 Å². The summed E-state index contributed by atoms with van der Waals surface area (Å²) in [4.78, 5) is 4.37. The maximum Gasteiger partial charge on any atom is 0.146 e. The van der Waals surface area contributed by atoms with Gasteiger partial charge in [-0.25, -0.2) is 4.98 Å². The lowest BCUT2D eigenvalue weighted by molar-refractivity contribution is 1.12. The van der Waals surface area contributed by atoms with Gasteiger partial charge in [0.05, 0.1) is 5.56 Å². The van der Waals surface area contributed by atoms with Gasteiger partial charge in [-0.05, 0) is 18.6 Å². The van der Waals surface area contributed by atoms with Gasteiger partial charge in [-0.1, -0.05) is 0 Å². The van der Waals surface area contributed by atoms with Crippen LogP contribution in [0.5, 0.6) is 0 Å². The Bertz CT molecular complexity index is 415. The van der Waals surface area contributed by atoms with Crippen molar-refractivity contribution in [3.05, 3.63) is 17.2 Å². The molecule has 0 aromatic carbocycles. The molecule has 0 saturated carbocycles. The summed E-state index contributed by atoms with van der Waals surface area (Å²) < 4.78 is 0. The second kappa shape index (κ2) is 7.30. The normalized spacial score (nSPS) is 9.76. The quantitative estimate of drug-likeness (QED) is 0.596. The zero-order valence-electron chi connectivity index (χ0n) is 9.69. The molecule has 92 valence electrons. The van der Waals surface area contributed by atoms with Gasteiger partial charge in [0.2, 0.25) is 0 Å². The first-order valence-electron chi connectivity index (χ1n) is 5.34. The molecule has 0 radical (unpaired) electrons. The average molecular weight is 268 g/mol. The van der Waals surface area contributed by atoms with Crippen LogP contribution in [0.4, 0.5) is 11.6 Å². The van der Waals surface area contributed by atoms with Crippen molar-refractivity contribution in [1.82, 2.24) is 4.98 Å². The van der Waals surface area contributed by atoms with Crippen LogP contribution in [-0.2, 0) is 0 Å². The standard InChI is InChI=1S/C11H16N4S2/c1-8-6-10(13-2-4-16)15-11(9(8)7-12)14-3-5-17/h6,16-17H,2-5H2,1H3,(H2,13,14,15). The summed E-state index contributed by atoms with van der Waals surface area (Å²) in [5.74, 6) is 2.81. The lowest BCUT2D eigenvalue weighted by atomic mass is 10.1. The number of pyridine rings is 1. The number of nitrogens with one attached hydrogen (secondary N) is 2. The molecule has 6 heteroatoms. The Balaban J connectivity index is 2.97. The number of thiol groups is 2. The lowest BCUT2D eigenvalue weighted by Crippen LogP contribution is -2.11. The molecule has 0 fully saturated rings. The van der Waals surface area contributed by atoms with Crippen molar-refractivity contribution in [3.8, 4) is 6.07 Å². The van der Waals surface area contributed by atoms with Crippen molar-refractivity contribution in [3.63, 3.8) is 0 Å². The smallest absolute Gasteiger partial charge is 0.146 e. The topological polar surface area (TPSA) is 60.7 Å². The van der Waals surface area contributed by atoms with E-state index in [1.54, 1.807) is 0 Å². The van der Waals surface area contributed by atoms with Crippen molar-refractivity contribution >= 4 is 36.9 Å². The first-order chi connectivity index (χ1) is 8.22. The highest BCUT2D eigenvalue weighted by molar-refractivity contribution is 7.80. The van der Waals surface area contributed by atoms with Crippen LogP contribution in [0.15, 0.2) is 6.07 Å². The van der Waals surface area contributed by atoms with Crippen LogP contribution in [0.25, 0.3) is 0 Å². The van der Waals surface area contributed by atoms with Crippen LogP contribution >= 0.6 is 25.3 Å². The molecule has 0 bridgehead atoms. The Kier molecular flexibility index (Phi) is 6.01. The van der Waals surface area contributed by atoms with Crippen molar-refractivity contribution < 1.29 is 0 Å². The van der Waals surface area contributed by atoms with Crippen LogP contribution in [0.1, 0.15) is 11.1 Å². The molecule has 0 saturated heterocycles. The van der Waals surface area contributed by atoms with E-state index in [4.69, 9.17) is 5.26 Å². The fraction of sp³-hybridized carbons (Fsp3) is 0.455. The number of nitrogens with zero attached hydrogens (tertiary/aromatic N) is 2. The van der Waals surface area contributed by atoms with Gasteiger partial charge in [0, 0.05) is 24.6 Å². The molecule has 1 aromatic rings. The largest absolute Gasteiger partial charge is 0.369 e. The second-order valence-electron chi connectivity index (χ2n) is 3.46. The highest BCUT2D eigenvalue weighted by atomic mass is 32.1. The minimum Gasteiger partial charge on any atom is -0.369 e. The van der Waals surface area contributed by atoms with Gasteiger partial charge in [-0.2, -0.15) is 30.5 Å². The Morgan fingerprint density at radius 3 is 2.53 bits per heavy atom. The molecular weight excluding hydrogens is 252 g/mol. The van der Waals surface area contributed by atoms with Crippen LogP contribution in [-0.4, -0.2) is 29.6 Å². The average Bonchev–Trinajstić information content (AvgIpc) is 2.33. The second-order valence-corrected chi connectivity index (χ2v) is 4.35. The van der Waals surface area contributed by atoms with E-state index in [1.807, 2.05) is 13.0 Å². The summed E-state index contributed by atoms with van der Waals surface area (Å²) in [6.07, 6.45) is 0. The number of aryl methyl sites for hydroxylation is 1. The minimum absolute atomic E-state index is 0.586. The van der Waals surface area contributed by atoms with Gasteiger partial charge < -0.3 is 10.6 Å². The van der Waals surface area contributed by atoms with E-state index >= 15 is 0 Å². The van der Waals surface area contributed by atoms with Crippen LogP contribution in [0.3, 0.4) is 0 Å². The summed E-state index contributed by atoms with van der Waals surface area (Å²) in [6, 6.07) is 4.03. The molecule has 0 amide bonds. The zero-order valence-corrected chi connectivity index (χ0v) is 11.5. The number of hydrogen-bond donors (Lipinski definition) is 4. The van der Waals surface area contributed by atoms with Crippen molar-refractivity contribution in [1.29, 1.82) is 5.26 Å². The van der Waals surface area contributed by atoms with E-state index in [9.17, 15) is 0 Å². The van der Waals surface area contributed by atoms with Gasteiger partial charge in [-0.3, -0.25) is 0 Å². The zero-order chi connectivity index (χ0) is 12.7. The SMILES string of the molecule is Cc1cc(NCCS)nc(NCCS)c1C#N. The first kappa shape index (κ1) is 14.0. The predicted molar refractivity (Wildman–Crippen MR) is 78.4 cm³/mol. The molecule has 0 atom stereocenters. The molecule has 17 heavy (non-hydrogen) atoms. The molecule has 0 aliphatic heterocycles. The van der Waals surface area contributed by atoms with Crippen molar-refractivity contribution in [2.45, 2.75) is 6.92 Å². The fourth-order valence-electron chi connectivity index (χ4n) is 1.39. The third kappa shape index (κ3) is 4.02. The Morgan fingerprint density at radius 1 is 1.29 bits per heavy atom. The minimum atomic E-state index is 0.586. The molecule has 0 aliphatic rings. The Labute approximate surface area is 113 Å². The van der Waals surface area contributed by atoms with Crippen LogP contribution < -0.4 is 10.6 Å². The fourth-order valence-corrected chi connectivity index (χ4v) is 1.61. The van der Waals surface area contributed by atoms with E-state index < -0.39 is 0 Å². The Hall–Kier alpha value is -1.06. The molecule has 1 aromatic heterocycles. The predicted octanol–water partition coefficient (Wildman–Crippen LogP) is 1.95. The van der Waals surface area contributed by atoms with Crippen LogP contribution in [0, 0.1) is 18.3 Å². The molecule has 0 spiro atoms. The number of rotatable bonds is 6. The maximum absolute atomic E-state index is 9.08. The van der Waals surface area contributed by atoms with Crippen LogP contribution in [0.2, 0.25) is 0 Å². The lowest BCUT2D eigenvalue weighted by Gasteiger charge is -2.11. The summed E-state index contributed by atoms with van der Waals surface area (Å²) in [7, 11) is 0. The summed E-state index contributed by atoms with van der Waals surface area (Å²) in [5.41, 5.74) is 1.49. The molecule has 4 nitrogen and oxygen atoms in total. The monoisotopic (exact) mass is 268 g/mol. The van der Waals surface area contributed by atoms with Gasteiger partial charge in [0.25, 0.3) is 0 Å². The molecule has 0 unspecified atom stereocenters. The molecule has 2 N–H and O–H groups in total. The highest BCUT2D eigenvalue weighted by Crippen LogP contribution is 2.20. The molecule has 1 heterocycles. The highest BCUT2D eigenvalue weighted by Gasteiger charge is 2.08. The molecule has 1 rings (SSSR count). The molecule has 0 aliphatic carbocycles. The molecular formula is C11H16N4S2. The number of hydrogen-bond acceptors (Lipinski definition) is 6. The van der Waals surface area contributed by atoms with E-state index in [0.717, 1.165) is 23.7 Å². The van der Waals surface area contributed by atoms with E-state index in [2.05, 4.69) is 46.9 Å². The van der Waals surface area contributed by atoms with Gasteiger partial charge >= 0.3 is 0 Å². The summed E-state index contributed by atoms with van der Waals surface area (Å²) in [6.45, 7) is 3.33.